The zero-order valence-electron chi connectivity index (χ0n) is 15.5. The molecule has 0 saturated carbocycles. The minimum absolute atomic E-state index is 1.34. The van der Waals surface area contributed by atoms with Gasteiger partial charge in [0.15, 0.2) is 0 Å². The first-order chi connectivity index (χ1) is 14.9. The SMILES string of the molecule is c1csc(-c2cc(-c3cc(-c4cccs4)c(-c4cccs4)s3)sc2-c2cccs2)c1. The maximum absolute atomic E-state index is 2.40. The van der Waals surface area contributed by atoms with Crippen LogP contribution in [-0.4, -0.2) is 0 Å². The summed E-state index contributed by atoms with van der Waals surface area (Å²) < 4.78 is 0. The highest BCUT2D eigenvalue weighted by molar-refractivity contribution is 7.29. The Morgan fingerprint density at radius 3 is 1.10 bits per heavy atom. The van der Waals surface area contributed by atoms with Crippen molar-refractivity contribution >= 4 is 68.0 Å². The Kier molecular flexibility index (Phi) is 5.07. The van der Waals surface area contributed by atoms with Gasteiger partial charge >= 0.3 is 0 Å². The zero-order valence-corrected chi connectivity index (χ0v) is 20.4. The van der Waals surface area contributed by atoms with E-state index in [2.05, 4.69) is 82.2 Å². The second-order valence-electron chi connectivity index (χ2n) is 6.62. The lowest BCUT2D eigenvalue weighted by Gasteiger charge is -1.97. The monoisotopic (exact) mass is 494 g/mol. The van der Waals surface area contributed by atoms with Gasteiger partial charge < -0.3 is 0 Å². The largest absolute Gasteiger partial charge is 0.144 e. The second kappa shape index (κ2) is 8.04. The van der Waals surface area contributed by atoms with E-state index in [4.69, 9.17) is 0 Å². The van der Waals surface area contributed by atoms with Gasteiger partial charge in [-0.25, -0.2) is 0 Å². The third-order valence-corrected chi connectivity index (χ3v) is 11.1. The Morgan fingerprint density at radius 1 is 0.400 bits per heavy atom. The molecule has 0 N–H and O–H groups in total. The second-order valence-corrected chi connectivity index (χ2v) is 12.5. The first-order valence-electron chi connectivity index (χ1n) is 9.30. The fourth-order valence-electron chi connectivity index (χ4n) is 3.44. The summed E-state index contributed by atoms with van der Waals surface area (Å²) in [6.45, 7) is 0. The molecule has 0 spiro atoms. The van der Waals surface area contributed by atoms with Crippen LogP contribution in [0.1, 0.15) is 0 Å². The summed E-state index contributed by atoms with van der Waals surface area (Å²) in [5, 5.41) is 8.67. The van der Waals surface area contributed by atoms with Gasteiger partial charge in [-0.2, -0.15) is 0 Å². The lowest BCUT2D eigenvalue weighted by Crippen LogP contribution is -1.70. The van der Waals surface area contributed by atoms with Crippen molar-refractivity contribution in [1.29, 1.82) is 0 Å². The average Bonchev–Trinajstić information content (AvgIpc) is 3.62. The van der Waals surface area contributed by atoms with Gasteiger partial charge in [0.05, 0.1) is 9.75 Å². The van der Waals surface area contributed by atoms with Crippen molar-refractivity contribution in [1.82, 2.24) is 0 Å². The predicted molar refractivity (Wildman–Crippen MR) is 141 cm³/mol. The molecular weight excluding hydrogens is 481 g/mol. The van der Waals surface area contributed by atoms with Crippen LogP contribution >= 0.6 is 68.0 Å². The maximum atomic E-state index is 2.40. The summed E-state index contributed by atoms with van der Waals surface area (Å²) in [5.41, 5.74) is 2.72. The van der Waals surface area contributed by atoms with Crippen LogP contribution in [-0.2, 0) is 0 Å². The molecule has 0 aromatic carbocycles. The molecule has 0 radical (unpaired) electrons. The molecule has 0 fully saturated rings. The topological polar surface area (TPSA) is 0 Å². The van der Waals surface area contributed by atoms with Crippen LogP contribution in [0.25, 0.3) is 50.1 Å². The summed E-state index contributed by atoms with van der Waals surface area (Å²) in [6, 6.07) is 22.3. The van der Waals surface area contributed by atoms with Gasteiger partial charge in [-0.3, -0.25) is 0 Å². The lowest BCUT2D eigenvalue weighted by molar-refractivity contribution is 1.84. The molecule has 6 heterocycles. The normalized spacial score (nSPS) is 11.3. The van der Waals surface area contributed by atoms with E-state index in [1.165, 1.54) is 50.1 Å². The van der Waals surface area contributed by atoms with Gasteiger partial charge in [0, 0.05) is 40.4 Å². The molecule has 146 valence electrons. The highest BCUT2D eigenvalue weighted by Gasteiger charge is 2.20. The molecular formula is C24H14S6. The molecule has 0 atom stereocenters. The summed E-state index contributed by atoms with van der Waals surface area (Å²) in [5.74, 6) is 0. The Bertz CT molecular complexity index is 1150. The predicted octanol–water partition coefficient (Wildman–Crippen LogP) is 10.4. The van der Waals surface area contributed by atoms with Crippen molar-refractivity contribution in [2.45, 2.75) is 0 Å². The van der Waals surface area contributed by atoms with Gasteiger partial charge in [0.2, 0.25) is 0 Å². The molecule has 6 heteroatoms. The summed E-state index contributed by atoms with van der Waals surface area (Å²) in [7, 11) is 0. The van der Waals surface area contributed by atoms with E-state index >= 15 is 0 Å². The van der Waals surface area contributed by atoms with Crippen LogP contribution in [0.4, 0.5) is 0 Å². The Balaban J connectivity index is 1.53. The highest BCUT2D eigenvalue weighted by atomic mass is 32.1. The van der Waals surface area contributed by atoms with Gasteiger partial charge in [-0.15, -0.1) is 68.0 Å². The molecule has 6 aromatic heterocycles. The lowest BCUT2D eigenvalue weighted by atomic mass is 10.1. The first kappa shape index (κ1) is 18.9. The molecule has 0 nitrogen and oxygen atoms in total. The van der Waals surface area contributed by atoms with Crippen LogP contribution in [0, 0.1) is 0 Å². The number of rotatable bonds is 5. The van der Waals surface area contributed by atoms with E-state index in [1.54, 1.807) is 0 Å². The Morgan fingerprint density at radius 2 is 0.767 bits per heavy atom. The van der Waals surface area contributed by atoms with Gasteiger partial charge in [0.1, 0.15) is 0 Å². The quantitative estimate of drug-likeness (QED) is 0.223. The van der Waals surface area contributed by atoms with E-state index in [1.807, 2.05) is 68.0 Å². The third-order valence-electron chi connectivity index (χ3n) is 4.77. The first-order valence-corrected chi connectivity index (χ1v) is 14.5. The van der Waals surface area contributed by atoms with E-state index in [-0.39, 0.29) is 0 Å². The molecule has 6 rings (SSSR count). The fraction of sp³-hybridized carbons (Fsp3) is 0. The van der Waals surface area contributed by atoms with Gasteiger partial charge in [-0.05, 0) is 57.9 Å². The van der Waals surface area contributed by atoms with E-state index in [9.17, 15) is 0 Å². The third kappa shape index (κ3) is 3.38. The van der Waals surface area contributed by atoms with Crippen LogP contribution in [0.3, 0.4) is 0 Å². The summed E-state index contributed by atoms with van der Waals surface area (Å²) in [4.78, 5) is 10.9. The maximum Gasteiger partial charge on any atom is 0.0536 e. The zero-order chi connectivity index (χ0) is 19.9. The van der Waals surface area contributed by atoms with Crippen molar-refractivity contribution in [2.75, 3.05) is 0 Å². The minimum Gasteiger partial charge on any atom is -0.144 e. The molecule has 0 unspecified atom stereocenters. The van der Waals surface area contributed by atoms with Gasteiger partial charge in [-0.1, -0.05) is 24.3 Å². The Hall–Kier alpha value is -1.80. The number of hydrogen-bond donors (Lipinski definition) is 0. The molecule has 0 aliphatic heterocycles. The molecule has 30 heavy (non-hydrogen) atoms. The summed E-state index contributed by atoms with van der Waals surface area (Å²) >= 11 is 11.1. The fourth-order valence-corrected chi connectivity index (χ4v) is 9.21. The molecule has 0 saturated heterocycles. The van der Waals surface area contributed by atoms with Crippen molar-refractivity contribution < 1.29 is 0 Å². The molecule has 0 bridgehead atoms. The highest BCUT2D eigenvalue weighted by Crippen LogP contribution is 2.51. The number of hydrogen-bond acceptors (Lipinski definition) is 6. The summed E-state index contributed by atoms with van der Waals surface area (Å²) in [6.07, 6.45) is 0. The van der Waals surface area contributed by atoms with Crippen molar-refractivity contribution in [3.05, 3.63) is 82.2 Å². The average molecular weight is 495 g/mol. The number of thiophene rings is 6. The molecule has 0 amide bonds. The van der Waals surface area contributed by atoms with Crippen molar-refractivity contribution in [2.24, 2.45) is 0 Å². The van der Waals surface area contributed by atoms with Crippen molar-refractivity contribution in [3.63, 3.8) is 0 Å². The van der Waals surface area contributed by atoms with Crippen LogP contribution < -0.4 is 0 Å². The molecule has 6 aromatic rings. The Labute approximate surface area is 199 Å². The van der Waals surface area contributed by atoms with E-state index < -0.39 is 0 Å². The minimum atomic E-state index is 1.34. The van der Waals surface area contributed by atoms with E-state index in [0.717, 1.165) is 0 Å². The van der Waals surface area contributed by atoms with Crippen LogP contribution in [0.15, 0.2) is 82.2 Å². The van der Waals surface area contributed by atoms with Crippen LogP contribution in [0.2, 0.25) is 0 Å². The molecule has 0 aliphatic rings. The molecule has 0 aliphatic carbocycles. The standard InChI is InChI=1S/C24H14S6/c1-5-17(25-9-1)15-13-21(29-23(15)19-7-3-11-27-19)22-14-16(18-6-2-10-26-18)24(30-22)20-8-4-12-28-20/h1-14H. The van der Waals surface area contributed by atoms with Gasteiger partial charge in [0.25, 0.3) is 0 Å². The smallest absolute Gasteiger partial charge is 0.0536 e. The van der Waals surface area contributed by atoms with E-state index in [0.29, 0.717) is 0 Å². The van der Waals surface area contributed by atoms with Crippen LogP contribution in [0.5, 0.6) is 0 Å². The van der Waals surface area contributed by atoms with Crippen molar-refractivity contribution in [3.8, 4) is 50.1 Å².